The molecule has 31 heavy (non-hydrogen) atoms. The van der Waals surface area contributed by atoms with Crippen LogP contribution in [0.15, 0.2) is 60.7 Å². The lowest BCUT2D eigenvalue weighted by atomic mass is 9.94. The first-order chi connectivity index (χ1) is 15.1. The number of imide groups is 1. The number of amides is 3. The molecule has 3 aromatic rings. The largest absolute Gasteiger partial charge is 0.493 e. The molecule has 1 atom stereocenters. The summed E-state index contributed by atoms with van der Waals surface area (Å²) in [5, 5.41) is 4.66. The fourth-order valence-electron chi connectivity index (χ4n) is 4.44. The van der Waals surface area contributed by atoms with Crippen LogP contribution in [-0.2, 0) is 4.79 Å². The topological polar surface area (TPSA) is 75.7 Å². The third kappa shape index (κ3) is 3.44. The van der Waals surface area contributed by atoms with Crippen LogP contribution in [0.3, 0.4) is 0 Å². The minimum absolute atomic E-state index is 0.0832. The summed E-state index contributed by atoms with van der Waals surface area (Å²) >= 11 is 0. The van der Waals surface area contributed by atoms with Crippen molar-refractivity contribution in [3.63, 3.8) is 0 Å². The fraction of sp³-hybridized carbons (Fsp3) is 0.240. The summed E-state index contributed by atoms with van der Waals surface area (Å²) in [6.07, 6.45) is 1.36. The van der Waals surface area contributed by atoms with Crippen molar-refractivity contribution in [1.29, 1.82) is 0 Å². The molecular formula is C25H22N2O4. The molecule has 0 aromatic heterocycles. The first kappa shape index (κ1) is 19.3. The number of hydrogen-bond donors (Lipinski definition) is 1. The summed E-state index contributed by atoms with van der Waals surface area (Å²) in [6, 6.07) is 18.6. The second-order valence-electron chi connectivity index (χ2n) is 7.87. The molecule has 2 heterocycles. The van der Waals surface area contributed by atoms with Crippen molar-refractivity contribution in [3.8, 4) is 5.75 Å². The molecule has 0 aliphatic carbocycles. The van der Waals surface area contributed by atoms with E-state index in [9.17, 15) is 14.4 Å². The Morgan fingerprint density at radius 2 is 1.68 bits per heavy atom. The maximum absolute atomic E-state index is 12.9. The number of para-hydroxylation sites is 1. The average Bonchev–Trinajstić information content (AvgIpc) is 2.80. The molecule has 0 radical (unpaired) electrons. The predicted molar refractivity (Wildman–Crippen MR) is 116 cm³/mol. The molecule has 3 amide bonds. The highest BCUT2D eigenvalue weighted by molar-refractivity contribution is 6.25. The van der Waals surface area contributed by atoms with Gasteiger partial charge in [-0.25, -0.2) is 0 Å². The second-order valence-corrected chi connectivity index (χ2v) is 7.87. The van der Waals surface area contributed by atoms with E-state index < -0.39 is 0 Å². The van der Waals surface area contributed by atoms with Crippen LogP contribution >= 0.6 is 0 Å². The van der Waals surface area contributed by atoms with E-state index >= 15 is 0 Å². The maximum Gasteiger partial charge on any atom is 0.261 e. The van der Waals surface area contributed by atoms with E-state index in [2.05, 4.69) is 5.32 Å². The van der Waals surface area contributed by atoms with Gasteiger partial charge < -0.3 is 10.1 Å². The zero-order valence-electron chi connectivity index (χ0n) is 17.0. The SMILES string of the molecule is O=C(CCCN1C(=O)c2cccc3cccc(c23)C1=O)NC1CCOc2ccccc21. The molecule has 0 spiro atoms. The number of ether oxygens (including phenoxy) is 1. The first-order valence-electron chi connectivity index (χ1n) is 10.5. The van der Waals surface area contributed by atoms with Crippen molar-refractivity contribution in [2.75, 3.05) is 13.2 Å². The Labute approximate surface area is 179 Å². The van der Waals surface area contributed by atoms with Gasteiger partial charge in [-0.15, -0.1) is 0 Å². The standard InChI is InChI=1S/C25H22N2O4/c28-22(26-20-13-15-31-21-11-2-1-8-17(20)21)12-5-14-27-24(29)18-9-3-6-16-7-4-10-19(23(16)18)25(27)30/h1-4,6-11,20H,5,12-15H2,(H,26,28). The summed E-state index contributed by atoms with van der Waals surface area (Å²) in [6.45, 7) is 0.768. The van der Waals surface area contributed by atoms with Crippen LogP contribution in [0.1, 0.15) is 51.6 Å². The zero-order valence-corrected chi connectivity index (χ0v) is 17.0. The van der Waals surface area contributed by atoms with Crippen LogP contribution in [0.5, 0.6) is 5.75 Å². The molecule has 2 aliphatic rings. The Hall–Kier alpha value is -3.67. The summed E-state index contributed by atoms with van der Waals surface area (Å²) in [7, 11) is 0. The van der Waals surface area contributed by atoms with E-state index in [0.717, 1.165) is 16.7 Å². The van der Waals surface area contributed by atoms with Gasteiger partial charge in [0.15, 0.2) is 0 Å². The van der Waals surface area contributed by atoms with E-state index in [0.29, 0.717) is 36.0 Å². The summed E-state index contributed by atoms with van der Waals surface area (Å²) in [5.41, 5.74) is 2.06. The van der Waals surface area contributed by atoms with Crippen molar-refractivity contribution in [3.05, 3.63) is 77.4 Å². The molecule has 5 rings (SSSR count). The Balaban J connectivity index is 1.24. The van der Waals surface area contributed by atoms with Gasteiger partial charge in [-0.05, 0) is 30.0 Å². The quantitative estimate of drug-likeness (QED) is 0.644. The van der Waals surface area contributed by atoms with Gasteiger partial charge in [0.25, 0.3) is 11.8 Å². The van der Waals surface area contributed by atoms with Gasteiger partial charge >= 0.3 is 0 Å². The fourth-order valence-corrected chi connectivity index (χ4v) is 4.44. The molecule has 0 fully saturated rings. The molecular weight excluding hydrogens is 392 g/mol. The van der Waals surface area contributed by atoms with Crippen LogP contribution in [-0.4, -0.2) is 35.8 Å². The van der Waals surface area contributed by atoms with Gasteiger partial charge in [0.05, 0.1) is 12.6 Å². The van der Waals surface area contributed by atoms with E-state index in [1.165, 1.54) is 4.90 Å². The van der Waals surface area contributed by atoms with Crippen molar-refractivity contribution < 1.29 is 19.1 Å². The van der Waals surface area contributed by atoms with E-state index in [-0.39, 0.29) is 36.7 Å². The summed E-state index contributed by atoms with van der Waals surface area (Å²) < 4.78 is 5.64. The lowest BCUT2D eigenvalue weighted by Gasteiger charge is -2.28. The molecule has 0 saturated heterocycles. The van der Waals surface area contributed by atoms with Crippen molar-refractivity contribution in [2.45, 2.75) is 25.3 Å². The Bertz CT molecular complexity index is 1150. The number of carbonyl (C=O) groups is 3. The lowest BCUT2D eigenvalue weighted by Crippen LogP contribution is -2.41. The Morgan fingerprint density at radius 3 is 2.42 bits per heavy atom. The number of rotatable bonds is 5. The minimum Gasteiger partial charge on any atom is -0.493 e. The van der Waals surface area contributed by atoms with Crippen LogP contribution in [0, 0.1) is 0 Å². The monoisotopic (exact) mass is 414 g/mol. The predicted octanol–water partition coefficient (Wildman–Crippen LogP) is 3.86. The second kappa shape index (κ2) is 7.87. The molecule has 3 aromatic carbocycles. The number of hydrogen-bond acceptors (Lipinski definition) is 4. The first-order valence-corrected chi connectivity index (χ1v) is 10.5. The van der Waals surface area contributed by atoms with Crippen molar-refractivity contribution in [2.24, 2.45) is 0 Å². The Morgan fingerprint density at radius 1 is 0.968 bits per heavy atom. The number of benzene rings is 3. The van der Waals surface area contributed by atoms with E-state index in [1.807, 2.05) is 48.5 Å². The number of nitrogens with zero attached hydrogens (tertiary/aromatic N) is 1. The van der Waals surface area contributed by atoms with E-state index in [1.54, 1.807) is 12.1 Å². The van der Waals surface area contributed by atoms with Crippen LogP contribution in [0.4, 0.5) is 0 Å². The lowest BCUT2D eigenvalue weighted by molar-refractivity contribution is -0.122. The molecule has 6 nitrogen and oxygen atoms in total. The van der Waals surface area contributed by atoms with Gasteiger partial charge in [0.2, 0.25) is 5.91 Å². The highest BCUT2D eigenvalue weighted by Gasteiger charge is 2.32. The smallest absolute Gasteiger partial charge is 0.261 e. The van der Waals surface area contributed by atoms with Crippen molar-refractivity contribution in [1.82, 2.24) is 10.2 Å². The van der Waals surface area contributed by atoms with Crippen LogP contribution in [0.2, 0.25) is 0 Å². The normalized spacial score (nSPS) is 17.3. The highest BCUT2D eigenvalue weighted by Crippen LogP contribution is 2.32. The third-order valence-corrected chi connectivity index (χ3v) is 5.94. The van der Waals surface area contributed by atoms with Gasteiger partial charge in [0, 0.05) is 41.5 Å². The van der Waals surface area contributed by atoms with Crippen LogP contribution < -0.4 is 10.1 Å². The maximum atomic E-state index is 12.9. The number of fused-ring (bicyclic) bond motifs is 1. The Kier molecular flexibility index (Phi) is 4.90. The molecule has 6 heteroatoms. The zero-order chi connectivity index (χ0) is 21.4. The van der Waals surface area contributed by atoms with Gasteiger partial charge in [-0.1, -0.05) is 42.5 Å². The van der Waals surface area contributed by atoms with Crippen LogP contribution in [0.25, 0.3) is 10.8 Å². The number of nitrogens with one attached hydrogen (secondary N) is 1. The highest BCUT2D eigenvalue weighted by atomic mass is 16.5. The van der Waals surface area contributed by atoms with Gasteiger partial charge in [0.1, 0.15) is 5.75 Å². The van der Waals surface area contributed by atoms with E-state index in [4.69, 9.17) is 4.74 Å². The number of carbonyl (C=O) groups excluding carboxylic acids is 3. The summed E-state index contributed by atoms with van der Waals surface area (Å²) in [4.78, 5) is 39.7. The van der Waals surface area contributed by atoms with Crippen molar-refractivity contribution >= 4 is 28.5 Å². The molecule has 2 aliphatic heterocycles. The van der Waals surface area contributed by atoms with Gasteiger partial charge in [-0.2, -0.15) is 0 Å². The average molecular weight is 414 g/mol. The molecule has 1 unspecified atom stereocenters. The minimum atomic E-state index is -0.298. The van der Waals surface area contributed by atoms with Gasteiger partial charge in [-0.3, -0.25) is 19.3 Å². The molecule has 0 saturated carbocycles. The molecule has 0 bridgehead atoms. The third-order valence-electron chi connectivity index (χ3n) is 5.94. The summed E-state index contributed by atoms with van der Waals surface area (Å²) in [5.74, 6) is 0.110. The molecule has 1 N–H and O–H groups in total. The molecule has 156 valence electrons.